The van der Waals surface area contributed by atoms with E-state index in [4.69, 9.17) is 5.73 Å². The van der Waals surface area contributed by atoms with Gasteiger partial charge in [-0.15, -0.1) is 16.4 Å². The summed E-state index contributed by atoms with van der Waals surface area (Å²) in [5, 5.41) is 10.7. The lowest BCUT2D eigenvalue weighted by Gasteiger charge is -2.13. The number of rotatable bonds is 2. The van der Waals surface area contributed by atoms with Gasteiger partial charge in [0, 0.05) is 12.4 Å². The molecular formula is C8H11N5S. The van der Waals surface area contributed by atoms with E-state index in [0.29, 0.717) is 11.9 Å². The SMILES string of the molecule is Cc1cscc1N(C)c1n[nH]c(N)n1. The van der Waals surface area contributed by atoms with Gasteiger partial charge in [0.1, 0.15) is 0 Å². The highest BCUT2D eigenvalue weighted by Gasteiger charge is 2.11. The predicted molar refractivity (Wildman–Crippen MR) is 57.9 cm³/mol. The van der Waals surface area contributed by atoms with E-state index >= 15 is 0 Å². The van der Waals surface area contributed by atoms with Crippen LogP contribution in [0, 0.1) is 6.92 Å². The minimum Gasteiger partial charge on any atom is -0.368 e. The highest BCUT2D eigenvalue weighted by atomic mass is 32.1. The van der Waals surface area contributed by atoms with Gasteiger partial charge in [-0.2, -0.15) is 4.98 Å². The molecule has 0 fully saturated rings. The van der Waals surface area contributed by atoms with Crippen molar-refractivity contribution in [3.63, 3.8) is 0 Å². The molecule has 2 aromatic heterocycles. The molecule has 2 rings (SSSR count). The number of nitrogens with two attached hydrogens (primary N) is 1. The lowest BCUT2D eigenvalue weighted by molar-refractivity contribution is 1.03. The summed E-state index contributed by atoms with van der Waals surface area (Å²) in [6, 6.07) is 0. The molecule has 0 atom stereocenters. The molecule has 0 bridgehead atoms. The number of nitrogens with one attached hydrogen (secondary N) is 1. The molecule has 0 spiro atoms. The zero-order valence-electron chi connectivity index (χ0n) is 7.98. The molecule has 0 unspecified atom stereocenters. The van der Waals surface area contributed by atoms with Crippen molar-refractivity contribution in [2.75, 3.05) is 17.7 Å². The largest absolute Gasteiger partial charge is 0.368 e. The molecule has 0 saturated carbocycles. The maximum Gasteiger partial charge on any atom is 0.250 e. The van der Waals surface area contributed by atoms with E-state index in [0.717, 1.165) is 5.69 Å². The Kier molecular flexibility index (Phi) is 2.12. The molecule has 5 nitrogen and oxygen atoms in total. The summed E-state index contributed by atoms with van der Waals surface area (Å²) in [4.78, 5) is 5.95. The van der Waals surface area contributed by atoms with Crippen LogP contribution in [0.2, 0.25) is 0 Å². The highest BCUT2D eigenvalue weighted by Crippen LogP contribution is 2.27. The Morgan fingerprint density at radius 1 is 1.50 bits per heavy atom. The second-order valence-corrected chi connectivity index (χ2v) is 3.76. The Morgan fingerprint density at radius 3 is 2.79 bits per heavy atom. The maximum absolute atomic E-state index is 5.45. The zero-order chi connectivity index (χ0) is 10.1. The number of aromatic amines is 1. The van der Waals surface area contributed by atoms with Gasteiger partial charge in [0.25, 0.3) is 5.95 Å². The third-order valence-electron chi connectivity index (χ3n) is 1.98. The van der Waals surface area contributed by atoms with Crippen LogP contribution in [0.5, 0.6) is 0 Å². The van der Waals surface area contributed by atoms with E-state index in [1.54, 1.807) is 11.3 Å². The van der Waals surface area contributed by atoms with Crippen molar-refractivity contribution >= 4 is 28.9 Å². The molecule has 2 heterocycles. The Labute approximate surface area is 85.6 Å². The smallest absolute Gasteiger partial charge is 0.250 e. The third-order valence-corrected chi connectivity index (χ3v) is 2.83. The van der Waals surface area contributed by atoms with E-state index in [-0.39, 0.29) is 0 Å². The summed E-state index contributed by atoms with van der Waals surface area (Å²) in [7, 11) is 1.91. The van der Waals surface area contributed by atoms with Crippen molar-refractivity contribution in [3.8, 4) is 0 Å². The average Bonchev–Trinajstić information content (AvgIpc) is 2.73. The minimum absolute atomic E-state index is 0.333. The Morgan fingerprint density at radius 2 is 2.29 bits per heavy atom. The first-order valence-corrected chi connectivity index (χ1v) is 5.07. The van der Waals surface area contributed by atoms with Gasteiger partial charge < -0.3 is 10.6 Å². The fraction of sp³-hybridized carbons (Fsp3) is 0.250. The van der Waals surface area contributed by atoms with Crippen LogP contribution in [0.15, 0.2) is 10.8 Å². The molecule has 0 radical (unpaired) electrons. The van der Waals surface area contributed by atoms with Gasteiger partial charge in [0.15, 0.2) is 0 Å². The van der Waals surface area contributed by atoms with Crippen molar-refractivity contribution in [2.45, 2.75) is 6.92 Å². The zero-order valence-corrected chi connectivity index (χ0v) is 8.80. The molecule has 14 heavy (non-hydrogen) atoms. The number of hydrogen-bond donors (Lipinski definition) is 2. The highest BCUT2D eigenvalue weighted by molar-refractivity contribution is 7.08. The standard InChI is InChI=1S/C8H11N5S/c1-5-3-14-4-6(5)13(2)8-10-7(9)11-12-8/h3-4H,1-2H3,(H3,9,10,11,12). The molecule has 0 aliphatic carbocycles. The lowest BCUT2D eigenvalue weighted by atomic mass is 10.3. The van der Waals surface area contributed by atoms with Crippen molar-refractivity contribution in [1.29, 1.82) is 0 Å². The molecule has 0 amide bonds. The number of thiophene rings is 1. The summed E-state index contributed by atoms with van der Waals surface area (Å²) in [6.45, 7) is 2.05. The summed E-state index contributed by atoms with van der Waals surface area (Å²) in [6.07, 6.45) is 0. The Balaban J connectivity index is 2.33. The Hall–Kier alpha value is -1.56. The lowest BCUT2D eigenvalue weighted by Crippen LogP contribution is -2.11. The van der Waals surface area contributed by atoms with E-state index in [9.17, 15) is 0 Å². The first-order chi connectivity index (χ1) is 6.68. The molecule has 0 aliphatic heterocycles. The number of anilines is 3. The number of nitrogen functional groups attached to an aromatic ring is 1. The normalized spacial score (nSPS) is 10.4. The topological polar surface area (TPSA) is 70.8 Å². The third kappa shape index (κ3) is 1.44. The summed E-state index contributed by atoms with van der Waals surface area (Å²) >= 11 is 1.66. The van der Waals surface area contributed by atoms with Crippen LogP contribution >= 0.6 is 11.3 Å². The summed E-state index contributed by atoms with van der Waals surface area (Å²) in [5.41, 5.74) is 7.77. The fourth-order valence-corrected chi connectivity index (χ4v) is 2.09. The predicted octanol–water partition coefficient (Wildman–Crippen LogP) is 1.52. The van der Waals surface area contributed by atoms with Crippen LogP contribution in [-0.2, 0) is 0 Å². The van der Waals surface area contributed by atoms with E-state index < -0.39 is 0 Å². The molecule has 74 valence electrons. The molecule has 6 heteroatoms. The second kappa shape index (κ2) is 3.30. The minimum atomic E-state index is 0.333. The van der Waals surface area contributed by atoms with Gasteiger partial charge in [0.05, 0.1) is 5.69 Å². The average molecular weight is 209 g/mol. The van der Waals surface area contributed by atoms with E-state index in [2.05, 4.69) is 32.9 Å². The summed E-state index contributed by atoms with van der Waals surface area (Å²) in [5.74, 6) is 0.920. The van der Waals surface area contributed by atoms with Crippen molar-refractivity contribution in [2.24, 2.45) is 0 Å². The van der Waals surface area contributed by atoms with Gasteiger partial charge in [-0.25, -0.2) is 5.10 Å². The van der Waals surface area contributed by atoms with Crippen LogP contribution < -0.4 is 10.6 Å². The van der Waals surface area contributed by atoms with Gasteiger partial charge in [-0.1, -0.05) is 0 Å². The van der Waals surface area contributed by atoms with E-state index in [1.165, 1.54) is 5.56 Å². The van der Waals surface area contributed by atoms with Gasteiger partial charge in [-0.3, -0.25) is 0 Å². The van der Waals surface area contributed by atoms with Crippen LogP contribution in [0.3, 0.4) is 0 Å². The number of aromatic nitrogens is 3. The number of H-pyrrole nitrogens is 1. The van der Waals surface area contributed by atoms with Crippen molar-refractivity contribution < 1.29 is 0 Å². The molecule has 2 aromatic rings. The van der Waals surface area contributed by atoms with Gasteiger partial charge in [0.2, 0.25) is 5.95 Å². The van der Waals surface area contributed by atoms with E-state index in [1.807, 2.05) is 11.9 Å². The van der Waals surface area contributed by atoms with Gasteiger partial charge in [-0.05, 0) is 17.9 Å². The van der Waals surface area contributed by atoms with Crippen molar-refractivity contribution in [3.05, 3.63) is 16.3 Å². The monoisotopic (exact) mass is 209 g/mol. The number of hydrogen-bond acceptors (Lipinski definition) is 5. The van der Waals surface area contributed by atoms with Crippen LogP contribution in [0.1, 0.15) is 5.56 Å². The quantitative estimate of drug-likeness (QED) is 0.786. The first kappa shape index (κ1) is 9.01. The van der Waals surface area contributed by atoms with Gasteiger partial charge >= 0.3 is 0 Å². The fourth-order valence-electron chi connectivity index (χ4n) is 1.22. The molecule has 3 N–H and O–H groups in total. The number of aryl methyl sites for hydroxylation is 1. The van der Waals surface area contributed by atoms with Crippen LogP contribution in [0.25, 0.3) is 0 Å². The summed E-state index contributed by atoms with van der Waals surface area (Å²) < 4.78 is 0. The molecule has 0 aliphatic rings. The van der Waals surface area contributed by atoms with Crippen molar-refractivity contribution in [1.82, 2.24) is 15.2 Å². The van der Waals surface area contributed by atoms with Crippen LogP contribution in [0.4, 0.5) is 17.6 Å². The first-order valence-electron chi connectivity index (χ1n) is 4.13. The number of nitrogens with zero attached hydrogens (tertiary/aromatic N) is 3. The van der Waals surface area contributed by atoms with Crippen LogP contribution in [-0.4, -0.2) is 22.2 Å². The molecular weight excluding hydrogens is 198 g/mol. The molecule has 0 aromatic carbocycles. The Bertz CT molecular complexity index is 432. The molecule has 0 saturated heterocycles. The maximum atomic E-state index is 5.45. The second-order valence-electron chi connectivity index (χ2n) is 3.02.